The van der Waals surface area contributed by atoms with E-state index in [1.54, 1.807) is 14.0 Å². The molecule has 0 saturated carbocycles. The average Bonchev–Trinajstić information content (AvgIpc) is 2.58. The first kappa shape index (κ1) is 18.0. The number of ether oxygens (including phenoxy) is 1. The fourth-order valence-corrected chi connectivity index (χ4v) is 2.42. The highest BCUT2D eigenvalue weighted by Gasteiger charge is 2.30. The van der Waals surface area contributed by atoms with Crippen LogP contribution >= 0.6 is 0 Å². The van der Waals surface area contributed by atoms with Crippen molar-refractivity contribution >= 4 is 5.78 Å². The summed E-state index contributed by atoms with van der Waals surface area (Å²) < 4.78 is 42.8. The van der Waals surface area contributed by atoms with Gasteiger partial charge in [0.25, 0.3) is 0 Å². The lowest BCUT2D eigenvalue weighted by Gasteiger charge is -2.13. The molecule has 0 amide bonds. The van der Waals surface area contributed by atoms with Gasteiger partial charge in [0.05, 0.1) is 12.7 Å². The van der Waals surface area contributed by atoms with Crippen molar-refractivity contribution in [1.29, 1.82) is 0 Å². The topological polar surface area (TPSA) is 26.3 Å². The van der Waals surface area contributed by atoms with Crippen LogP contribution in [0, 0.1) is 0 Å². The zero-order valence-corrected chi connectivity index (χ0v) is 13.6. The highest BCUT2D eigenvalue weighted by Crippen LogP contribution is 2.30. The molecular formula is C19H19F3O2. The number of rotatable bonds is 6. The van der Waals surface area contributed by atoms with Gasteiger partial charge in [-0.1, -0.05) is 31.2 Å². The second-order valence-corrected chi connectivity index (χ2v) is 5.66. The quantitative estimate of drug-likeness (QED) is 0.740. The second kappa shape index (κ2) is 7.51. The van der Waals surface area contributed by atoms with Crippen LogP contribution in [0.1, 0.15) is 36.0 Å². The molecule has 2 rings (SSSR count). The minimum atomic E-state index is -4.36. The number of hydrogen-bond acceptors (Lipinski definition) is 2. The summed E-state index contributed by atoms with van der Waals surface area (Å²) in [6, 6.07) is 12.2. The molecule has 0 N–H and O–H groups in total. The summed E-state index contributed by atoms with van der Waals surface area (Å²) in [5, 5.41) is 0. The maximum absolute atomic E-state index is 12.6. The van der Waals surface area contributed by atoms with Gasteiger partial charge in [-0.05, 0) is 41.8 Å². The van der Waals surface area contributed by atoms with E-state index in [4.69, 9.17) is 4.74 Å². The molecule has 0 spiro atoms. The number of Topliss-reactive ketones (excluding diaryl/α,β-unsaturated/α-hetero) is 1. The minimum Gasteiger partial charge on any atom is -0.497 e. The lowest BCUT2D eigenvalue weighted by Crippen LogP contribution is -2.11. The van der Waals surface area contributed by atoms with Gasteiger partial charge in [0.1, 0.15) is 11.5 Å². The number of methoxy groups -OCH3 is 1. The molecule has 0 aliphatic carbocycles. The second-order valence-electron chi connectivity index (χ2n) is 5.66. The molecule has 0 fully saturated rings. The summed E-state index contributed by atoms with van der Waals surface area (Å²) in [6.07, 6.45) is -3.43. The van der Waals surface area contributed by atoms with Crippen molar-refractivity contribution in [2.45, 2.75) is 31.9 Å². The Bertz CT molecular complexity index is 673. The van der Waals surface area contributed by atoms with E-state index >= 15 is 0 Å². The Morgan fingerprint density at radius 3 is 2.12 bits per heavy atom. The van der Waals surface area contributed by atoms with Gasteiger partial charge in [0.2, 0.25) is 0 Å². The molecule has 2 nitrogen and oxygen atoms in total. The summed E-state index contributed by atoms with van der Waals surface area (Å²) in [5.41, 5.74) is 0.913. The van der Waals surface area contributed by atoms with E-state index in [1.807, 2.05) is 24.3 Å². The molecule has 0 radical (unpaired) electrons. The molecule has 0 aliphatic rings. The van der Waals surface area contributed by atoms with Crippen molar-refractivity contribution in [2.75, 3.05) is 7.11 Å². The normalized spacial score (nSPS) is 12.7. The Labute approximate surface area is 139 Å². The van der Waals surface area contributed by atoms with Gasteiger partial charge in [0.15, 0.2) is 0 Å². The first-order valence-corrected chi connectivity index (χ1v) is 7.64. The monoisotopic (exact) mass is 336 g/mol. The van der Waals surface area contributed by atoms with E-state index in [-0.39, 0.29) is 5.78 Å². The van der Waals surface area contributed by atoms with Gasteiger partial charge < -0.3 is 4.74 Å². The molecule has 0 bridgehead atoms. The van der Waals surface area contributed by atoms with Crippen LogP contribution in [0.25, 0.3) is 0 Å². The van der Waals surface area contributed by atoms with Crippen LogP contribution in [0.4, 0.5) is 13.2 Å². The van der Waals surface area contributed by atoms with E-state index in [1.165, 1.54) is 12.1 Å². The fourth-order valence-electron chi connectivity index (χ4n) is 2.42. The van der Waals surface area contributed by atoms with Gasteiger partial charge in [-0.15, -0.1) is 0 Å². The molecule has 2 aromatic carbocycles. The average molecular weight is 336 g/mol. The summed E-state index contributed by atoms with van der Waals surface area (Å²) in [4.78, 5) is 12.3. The van der Waals surface area contributed by atoms with Crippen LogP contribution in [0.3, 0.4) is 0 Å². The number of carbonyl (C=O) groups is 1. The molecule has 1 atom stereocenters. The molecule has 0 saturated heterocycles. The SMILES string of the molecule is COc1ccc(CCC(=O)C(C)c2ccc(C(F)(F)F)cc2)cc1. The molecule has 5 heteroatoms. The lowest BCUT2D eigenvalue weighted by atomic mass is 9.92. The number of carbonyl (C=O) groups excluding carboxylic acids is 1. The van der Waals surface area contributed by atoms with Crippen molar-refractivity contribution in [3.8, 4) is 5.75 Å². The third-order valence-corrected chi connectivity index (χ3v) is 4.04. The largest absolute Gasteiger partial charge is 0.497 e. The third kappa shape index (κ3) is 4.60. The molecule has 2 aromatic rings. The van der Waals surface area contributed by atoms with Gasteiger partial charge in [-0.3, -0.25) is 4.79 Å². The van der Waals surface area contributed by atoms with Crippen LogP contribution in [0.2, 0.25) is 0 Å². The highest BCUT2D eigenvalue weighted by atomic mass is 19.4. The van der Waals surface area contributed by atoms with Crippen molar-refractivity contribution < 1.29 is 22.7 Å². The Kier molecular flexibility index (Phi) is 5.65. The molecule has 0 aliphatic heterocycles. The standard InChI is InChI=1S/C19H19F3O2/c1-13(15-6-8-16(9-7-15)19(20,21)22)18(23)12-5-14-3-10-17(24-2)11-4-14/h3-4,6-11,13H,5,12H2,1-2H3. The number of ketones is 1. The van der Waals surface area contributed by atoms with Crippen LogP contribution < -0.4 is 4.74 Å². The molecule has 24 heavy (non-hydrogen) atoms. The smallest absolute Gasteiger partial charge is 0.416 e. The molecular weight excluding hydrogens is 317 g/mol. The van der Waals surface area contributed by atoms with Crippen molar-refractivity contribution in [3.05, 3.63) is 65.2 Å². The first-order valence-electron chi connectivity index (χ1n) is 7.64. The predicted molar refractivity (Wildman–Crippen MR) is 86.2 cm³/mol. The van der Waals surface area contributed by atoms with Crippen LogP contribution in [-0.4, -0.2) is 12.9 Å². The van der Waals surface area contributed by atoms with Crippen molar-refractivity contribution in [2.24, 2.45) is 0 Å². The van der Waals surface area contributed by atoms with Gasteiger partial charge >= 0.3 is 6.18 Å². The van der Waals surface area contributed by atoms with E-state index in [0.29, 0.717) is 18.4 Å². The van der Waals surface area contributed by atoms with Crippen LogP contribution in [0.5, 0.6) is 5.75 Å². The number of halogens is 3. The number of aryl methyl sites for hydroxylation is 1. The zero-order chi connectivity index (χ0) is 17.7. The Balaban J connectivity index is 1.96. The molecule has 128 valence electrons. The number of alkyl halides is 3. The van der Waals surface area contributed by atoms with E-state index < -0.39 is 17.7 Å². The lowest BCUT2D eigenvalue weighted by molar-refractivity contribution is -0.137. The first-order chi connectivity index (χ1) is 11.3. The molecule has 0 heterocycles. The van der Waals surface area contributed by atoms with E-state index in [0.717, 1.165) is 23.4 Å². The summed E-state index contributed by atoms with van der Waals surface area (Å²) in [5.74, 6) is 0.333. The molecule has 1 unspecified atom stereocenters. The van der Waals surface area contributed by atoms with Crippen molar-refractivity contribution in [1.82, 2.24) is 0 Å². The minimum absolute atomic E-state index is 0.00516. The van der Waals surface area contributed by atoms with E-state index in [9.17, 15) is 18.0 Å². The van der Waals surface area contributed by atoms with Gasteiger partial charge in [-0.25, -0.2) is 0 Å². The highest BCUT2D eigenvalue weighted by molar-refractivity contribution is 5.85. The zero-order valence-electron chi connectivity index (χ0n) is 13.6. The number of hydrogen-bond donors (Lipinski definition) is 0. The Morgan fingerprint density at radius 2 is 1.62 bits per heavy atom. The summed E-state index contributed by atoms with van der Waals surface area (Å²) >= 11 is 0. The summed E-state index contributed by atoms with van der Waals surface area (Å²) in [6.45, 7) is 1.72. The third-order valence-electron chi connectivity index (χ3n) is 4.04. The van der Waals surface area contributed by atoms with Crippen molar-refractivity contribution in [3.63, 3.8) is 0 Å². The molecule has 0 aromatic heterocycles. The Morgan fingerprint density at radius 1 is 1.04 bits per heavy atom. The predicted octanol–water partition coefficient (Wildman–Crippen LogP) is 5.02. The Hall–Kier alpha value is -2.30. The van der Waals surface area contributed by atoms with Crippen LogP contribution in [0.15, 0.2) is 48.5 Å². The van der Waals surface area contributed by atoms with Gasteiger partial charge in [0, 0.05) is 12.3 Å². The number of benzene rings is 2. The summed E-state index contributed by atoms with van der Waals surface area (Å²) in [7, 11) is 1.59. The maximum Gasteiger partial charge on any atom is 0.416 e. The maximum atomic E-state index is 12.6. The fraction of sp³-hybridized carbons (Fsp3) is 0.316. The van der Waals surface area contributed by atoms with Crippen LogP contribution in [-0.2, 0) is 17.4 Å². The van der Waals surface area contributed by atoms with E-state index in [2.05, 4.69) is 0 Å². The van der Waals surface area contributed by atoms with Gasteiger partial charge in [-0.2, -0.15) is 13.2 Å².